The second-order valence-corrected chi connectivity index (χ2v) is 4.09. The predicted octanol–water partition coefficient (Wildman–Crippen LogP) is 2.61. The smallest absolute Gasteiger partial charge is 0.0115 e. The Bertz CT molecular complexity index is 174. The van der Waals surface area contributed by atoms with E-state index in [1.807, 2.05) is 0 Å². The predicted molar refractivity (Wildman–Crippen MR) is 39.1 cm³/mol. The van der Waals surface area contributed by atoms with E-state index in [1.165, 1.54) is 6.42 Å². The summed E-state index contributed by atoms with van der Waals surface area (Å²) in [6.45, 7) is 7.05. The molecule has 1 fully saturated rings. The molecule has 0 aromatic carbocycles. The Balaban J connectivity index is 2.25. The van der Waals surface area contributed by atoms with E-state index in [1.54, 1.807) is 5.57 Å². The van der Waals surface area contributed by atoms with Gasteiger partial charge in [0.25, 0.3) is 0 Å². The molecule has 2 aliphatic rings. The van der Waals surface area contributed by atoms with E-state index in [0.29, 0.717) is 5.41 Å². The Morgan fingerprint density at radius 1 is 1.56 bits per heavy atom. The third-order valence-electron chi connectivity index (χ3n) is 3.23. The van der Waals surface area contributed by atoms with Crippen LogP contribution in [0.4, 0.5) is 0 Å². The number of allylic oxidation sites excluding steroid dienone is 2. The molecular weight excluding hydrogens is 108 g/mol. The molecule has 0 saturated heterocycles. The lowest BCUT2D eigenvalue weighted by Crippen LogP contribution is -1.93. The van der Waals surface area contributed by atoms with Crippen molar-refractivity contribution >= 4 is 0 Å². The summed E-state index contributed by atoms with van der Waals surface area (Å²) in [6.07, 6.45) is 3.75. The van der Waals surface area contributed by atoms with Crippen molar-refractivity contribution in [1.29, 1.82) is 0 Å². The first-order valence-corrected chi connectivity index (χ1v) is 3.80. The number of rotatable bonds is 0. The van der Waals surface area contributed by atoms with Gasteiger partial charge in [-0.3, -0.25) is 0 Å². The van der Waals surface area contributed by atoms with Crippen LogP contribution in [0.2, 0.25) is 0 Å². The van der Waals surface area contributed by atoms with Gasteiger partial charge in [0.2, 0.25) is 0 Å². The number of fused-ring (bicyclic) bond motifs is 1. The van der Waals surface area contributed by atoms with Gasteiger partial charge in [-0.05, 0) is 30.6 Å². The molecule has 2 atom stereocenters. The van der Waals surface area contributed by atoms with Crippen LogP contribution in [0, 0.1) is 17.3 Å². The normalized spacial score (nSPS) is 44.1. The number of hydrogen-bond donors (Lipinski definition) is 0. The maximum Gasteiger partial charge on any atom is -0.0115 e. The van der Waals surface area contributed by atoms with Crippen molar-refractivity contribution < 1.29 is 0 Å². The molecule has 2 aliphatic carbocycles. The van der Waals surface area contributed by atoms with E-state index in [-0.39, 0.29) is 0 Å². The number of hydrogen-bond acceptors (Lipinski definition) is 0. The molecule has 0 bridgehead atoms. The zero-order valence-electron chi connectivity index (χ0n) is 6.44. The minimum atomic E-state index is 0.666. The van der Waals surface area contributed by atoms with Crippen LogP contribution in [0.25, 0.3) is 0 Å². The average molecular weight is 122 g/mol. The van der Waals surface area contributed by atoms with Crippen LogP contribution in [0.15, 0.2) is 11.6 Å². The molecule has 0 aliphatic heterocycles. The van der Waals surface area contributed by atoms with E-state index >= 15 is 0 Å². The lowest BCUT2D eigenvalue weighted by atomic mass is 10.0. The van der Waals surface area contributed by atoms with E-state index in [9.17, 15) is 0 Å². The van der Waals surface area contributed by atoms with Crippen LogP contribution in [-0.2, 0) is 0 Å². The minimum Gasteiger partial charge on any atom is -0.0850 e. The van der Waals surface area contributed by atoms with Gasteiger partial charge in [0.1, 0.15) is 0 Å². The molecule has 0 aromatic heterocycles. The summed E-state index contributed by atoms with van der Waals surface area (Å²) >= 11 is 0. The minimum absolute atomic E-state index is 0.666. The van der Waals surface area contributed by atoms with Crippen LogP contribution in [0.5, 0.6) is 0 Å². The third-order valence-corrected chi connectivity index (χ3v) is 3.23. The summed E-state index contributed by atoms with van der Waals surface area (Å²) < 4.78 is 0. The fourth-order valence-electron chi connectivity index (χ4n) is 2.53. The van der Waals surface area contributed by atoms with Crippen LogP contribution >= 0.6 is 0 Å². The molecule has 0 N–H and O–H groups in total. The van der Waals surface area contributed by atoms with Gasteiger partial charge in [0.05, 0.1) is 0 Å². The molecular formula is C9H14. The van der Waals surface area contributed by atoms with E-state index in [2.05, 4.69) is 26.8 Å². The Morgan fingerprint density at radius 2 is 2.22 bits per heavy atom. The van der Waals surface area contributed by atoms with Gasteiger partial charge >= 0.3 is 0 Å². The second kappa shape index (κ2) is 1.25. The highest BCUT2D eigenvalue weighted by Gasteiger charge is 2.59. The maximum atomic E-state index is 2.40. The van der Waals surface area contributed by atoms with Crippen molar-refractivity contribution in [2.45, 2.75) is 27.2 Å². The van der Waals surface area contributed by atoms with Crippen LogP contribution in [0.3, 0.4) is 0 Å². The fourth-order valence-corrected chi connectivity index (χ4v) is 2.53. The highest BCUT2D eigenvalue weighted by molar-refractivity contribution is 5.28. The Hall–Kier alpha value is -0.260. The summed E-state index contributed by atoms with van der Waals surface area (Å²) in [6, 6.07) is 0. The monoisotopic (exact) mass is 122 g/mol. The zero-order valence-corrected chi connectivity index (χ0v) is 6.44. The van der Waals surface area contributed by atoms with Crippen molar-refractivity contribution in [3.05, 3.63) is 11.6 Å². The lowest BCUT2D eigenvalue weighted by Gasteiger charge is -2.04. The molecule has 50 valence electrons. The van der Waals surface area contributed by atoms with Crippen LogP contribution in [0.1, 0.15) is 27.2 Å². The molecule has 1 saturated carbocycles. The van der Waals surface area contributed by atoms with Crippen LogP contribution in [-0.4, -0.2) is 0 Å². The van der Waals surface area contributed by atoms with Gasteiger partial charge in [-0.25, -0.2) is 0 Å². The summed E-state index contributed by atoms with van der Waals surface area (Å²) in [5, 5.41) is 0. The van der Waals surface area contributed by atoms with Crippen LogP contribution < -0.4 is 0 Å². The van der Waals surface area contributed by atoms with Gasteiger partial charge in [-0.15, -0.1) is 0 Å². The van der Waals surface area contributed by atoms with Gasteiger partial charge in [-0.2, -0.15) is 0 Å². The highest BCUT2D eigenvalue weighted by atomic mass is 14.6. The first-order chi connectivity index (χ1) is 4.14. The quantitative estimate of drug-likeness (QED) is 0.433. The lowest BCUT2D eigenvalue weighted by molar-refractivity contribution is 0.539. The summed E-state index contributed by atoms with van der Waals surface area (Å²) in [5.74, 6) is 1.97. The molecule has 2 rings (SSSR count). The topological polar surface area (TPSA) is 0 Å². The van der Waals surface area contributed by atoms with E-state index in [0.717, 1.165) is 11.8 Å². The highest BCUT2D eigenvalue weighted by Crippen LogP contribution is 2.66. The first-order valence-electron chi connectivity index (χ1n) is 3.80. The maximum absolute atomic E-state index is 2.40. The van der Waals surface area contributed by atoms with E-state index < -0.39 is 0 Å². The standard InChI is InChI=1S/C9H14/c1-6-4-5-7-8(6)9(7,2)3/h4,7-8H,5H2,1-3H3. The van der Waals surface area contributed by atoms with Crippen molar-refractivity contribution in [3.63, 3.8) is 0 Å². The SMILES string of the molecule is CC1=CCC2C1C2(C)C. The van der Waals surface area contributed by atoms with Gasteiger partial charge in [0.15, 0.2) is 0 Å². The Kier molecular flexibility index (Phi) is 0.769. The molecule has 0 amide bonds. The van der Waals surface area contributed by atoms with Gasteiger partial charge in [-0.1, -0.05) is 25.5 Å². The largest absolute Gasteiger partial charge is 0.0850 e. The van der Waals surface area contributed by atoms with Gasteiger partial charge in [0, 0.05) is 0 Å². The summed E-state index contributed by atoms with van der Waals surface area (Å²) in [4.78, 5) is 0. The molecule has 9 heavy (non-hydrogen) atoms. The average Bonchev–Trinajstić information content (AvgIpc) is 2.19. The fraction of sp³-hybridized carbons (Fsp3) is 0.778. The summed E-state index contributed by atoms with van der Waals surface area (Å²) in [5.41, 5.74) is 2.31. The second-order valence-electron chi connectivity index (χ2n) is 4.09. The van der Waals surface area contributed by atoms with E-state index in [4.69, 9.17) is 0 Å². The molecule has 0 nitrogen and oxygen atoms in total. The Labute approximate surface area is 57.0 Å². The molecule has 2 unspecified atom stereocenters. The third kappa shape index (κ3) is 0.493. The van der Waals surface area contributed by atoms with Crippen molar-refractivity contribution in [2.24, 2.45) is 17.3 Å². The molecule has 0 aromatic rings. The molecule has 0 heteroatoms. The van der Waals surface area contributed by atoms with Crippen molar-refractivity contribution in [1.82, 2.24) is 0 Å². The first kappa shape index (κ1) is 5.52. The Morgan fingerprint density at radius 3 is 2.44 bits per heavy atom. The molecule has 0 heterocycles. The molecule has 0 spiro atoms. The zero-order chi connectivity index (χ0) is 6.65. The van der Waals surface area contributed by atoms with Crippen molar-refractivity contribution in [3.8, 4) is 0 Å². The van der Waals surface area contributed by atoms with Gasteiger partial charge < -0.3 is 0 Å². The van der Waals surface area contributed by atoms with Crippen molar-refractivity contribution in [2.75, 3.05) is 0 Å². The molecule has 0 radical (unpaired) electrons. The summed E-state index contributed by atoms with van der Waals surface area (Å²) in [7, 11) is 0.